The van der Waals surface area contributed by atoms with E-state index in [4.69, 9.17) is 11.6 Å². The molecule has 110 valence electrons. The van der Waals surface area contributed by atoms with Gasteiger partial charge in [-0.25, -0.2) is 13.4 Å². The SMILES string of the molecule is C=Cc1cc(S(C)(=O)=O)c(NC(=O)C(C)(C)C)nc1Cl. The van der Waals surface area contributed by atoms with E-state index < -0.39 is 15.3 Å². The predicted molar refractivity (Wildman–Crippen MR) is 80.5 cm³/mol. The van der Waals surface area contributed by atoms with Crippen LogP contribution >= 0.6 is 11.6 Å². The molecular formula is C13H17ClN2O3S. The molecule has 1 aromatic rings. The third kappa shape index (κ3) is 3.80. The van der Waals surface area contributed by atoms with Crippen LogP contribution in [0.4, 0.5) is 5.82 Å². The molecule has 0 bridgehead atoms. The van der Waals surface area contributed by atoms with Crippen LogP contribution in [0.3, 0.4) is 0 Å². The average molecular weight is 317 g/mol. The number of hydrogen-bond acceptors (Lipinski definition) is 4. The molecule has 1 rings (SSSR count). The molecule has 1 N–H and O–H groups in total. The fraction of sp³-hybridized carbons (Fsp3) is 0.385. The molecule has 0 unspecified atom stereocenters. The first-order valence-corrected chi connectivity index (χ1v) is 8.08. The summed E-state index contributed by atoms with van der Waals surface area (Å²) in [6, 6.07) is 1.34. The standard InChI is InChI=1S/C13H17ClN2O3S/c1-6-8-7-9(20(5,18)19)11(15-10(8)14)16-12(17)13(2,3)4/h6-7H,1H2,2-5H3,(H,15,16,17). The zero-order chi connectivity index (χ0) is 15.7. The number of carbonyl (C=O) groups is 1. The minimum atomic E-state index is -3.56. The Hall–Kier alpha value is -1.40. The van der Waals surface area contributed by atoms with Crippen molar-refractivity contribution in [3.8, 4) is 0 Å². The molecule has 0 radical (unpaired) electrons. The third-order valence-corrected chi connectivity index (χ3v) is 3.91. The lowest BCUT2D eigenvalue weighted by Gasteiger charge is -2.18. The highest BCUT2D eigenvalue weighted by Crippen LogP contribution is 2.27. The van der Waals surface area contributed by atoms with Gasteiger partial charge in [-0.2, -0.15) is 0 Å². The summed E-state index contributed by atoms with van der Waals surface area (Å²) in [6.45, 7) is 8.67. The summed E-state index contributed by atoms with van der Waals surface area (Å²) in [5.74, 6) is -0.416. The second-order valence-electron chi connectivity index (χ2n) is 5.40. The highest BCUT2D eigenvalue weighted by molar-refractivity contribution is 7.90. The molecule has 0 aliphatic carbocycles. The molecule has 7 heteroatoms. The first-order chi connectivity index (χ1) is 8.96. The summed E-state index contributed by atoms with van der Waals surface area (Å²) in [5, 5.41) is 2.58. The van der Waals surface area contributed by atoms with E-state index in [1.807, 2.05) is 0 Å². The van der Waals surface area contributed by atoms with E-state index in [9.17, 15) is 13.2 Å². The molecule has 0 spiro atoms. The van der Waals surface area contributed by atoms with Gasteiger partial charge in [0.15, 0.2) is 15.7 Å². The smallest absolute Gasteiger partial charge is 0.230 e. The number of pyridine rings is 1. The maximum absolute atomic E-state index is 12.0. The Labute approximate surface area is 124 Å². The quantitative estimate of drug-likeness (QED) is 0.870. The normalized spacial score (nSPS) is 12.1. The Bertz CT molecular complexity index is 661. The molecule has 1 aromatic heterocycles. The lowest BCUT2D eigenvalue weighted by molar-refractivity contribution is -0.123. The zero-order valence-corrected chi connectivity index (χ0v) is 13.4. The van der Waals surface area contributed by atoms with Crippen molar-refractivity contribution in [1.82, 2.24) is 4.98 Å². The number of sulfone groups is 1. The van der Waals surface area contributed by atoms with Gasteiger partial charge in [0.25, 0.3) is 0 Å². The molecule has 0 fully saturated rings. The molecular weight excluding hydrogens is 300 g/mol. The van der Waals surface area contributed by atoms with E-state index in [1.54, 1.807) is 20.8 Å². The second-order valence-corrected chi connectivity index (χ2v) is 7.74. The Balaban J connectivity index is 3.43. The Morgan fingerprint density at radius 1 is 1.45 bits per heavy atom. The van der Waals surface area contributed by atoms with E-state index in [2.05, 4.69) is 16.9 Å². The van der Waals surface area contributed by atoms with Crippen LogP contribution in [0.1, 0.15) is 26.3 Å². The van der Waals surface area contributed by atoms with Crippen molar-refractivity contribution in [2.45, 2.75) is 25.7 Å². The van der Waals surface area contributed by atoms with Crippen molar-refractivity contribution in [1.29, 1.82) is 0 Å². The van der Waals surface area contributed by atoms with Crippen LogP contribution in [0.2, 0.25) is 5.15 Å². The predicted octanol–water partition coefficient (Wildman–Crippen LogP) is 2.77. The molecule has 1 heterocycles. The summed E-state index contributed by atoms with van der Waals surface area (Å²) in [7, 11) is -3.56. The summed E-state index contributed by atoms with van der Waals surface area (Å²) in [6.07, 6.45) is 2.44. The minimum Gasteiger partial charge on any atom is -0.309 e. The number of hydrogen-bond donors (Lipinski definition) is 1. The van der Waals surface area contributed by atoms with Crippen LogP contribution in [0.15, 0.2) is 17.5 Å². The van der Waals surface area contributed by atoms with Gasteiger partial charge in [0, 0.05) is 17.2 Å². The van der Waals surface area contributed by atoms with Crippen LogP contribution in [-0.2, 0) is 14.6 Å². The van der Waals surface area contributed by atoms with Gasteiger partial charge >= 0.3 is 0 Å². The van der Waals surface area contributed by atoms with Crippen molar-refractivity contribution in [2.75, 3.05) is 11.6 Å². The Kier molecular flexibility index (Phi) is 4.61. The summed E-state index contributed by atoms with van der Waals surface area (Å²) >= 11 is 5.92. The minimum absolute atomic E-state index is 0.0666. The van der Waals surface area contributed by atoms with Crippen LogP contribution in [0.25, 0.3) is 6.08 Å². The van der Waals surface area contributed by atoms with Crippen molar-refractivity contribution >= 4 is 39.2 Å². The number of rotatable bonds is 3. The van der Waals surface area contributed by atoms with Crippen molar-refractivity contribution < 1.29 is 13.2 Å². The van der Waals surface area contributed by atoms with Crippen LogP contribution in [0.5, 0.6) is 0 Å². The average Bonchev–Trinajstić information content (AvgIpc) is 2.26. The summed E-state index contributed by atoms with van der Waals surface area (Å²) in [5.41, 5.74) is -0.291. The Morgan fingerprint density at radius 2 is 2.00 bits per heavy atom. The van der Waals surface area contributed by atoms with E-state index >= 15 is 0 Å². The maximum Gasteiger partial charge on any atom is 0.230 e. The van der Waals surface area contributed by atoms with Crippen LogP contribution < -0.4 is 5.32 Å². The summed E-state index contributed by atoms with van der Waals surface area (Å²) in [4.78, 5) is 15.8. The summed E-state index contributed by atoms with van der Waals surface area (Å²) < 4.78 is 23.6. The first-order valence-electron chi connectivity index (χ1n) is 5.81. The fourth-order valence-electron chi connectivity index (χ4n) is 1.30. The largest absolute Gasteiger partial charge is 0.309 e. The molecule has 0 atom stereocenters. The molecule has 20 heavy (non-hydrogen) atoms. The number of anilines is 1. The van der Waals surface area contributed by atoms with Crippen molar-refractivity contribution in [2.24, 2.45) is 5.41 Å². The maximum atomic E-state index is 12.0. The van der Waals surface area contributed by atoms with Crippen molar-refractivity contribution in [3.05, 3.63) is 23.4 Å². The Morgan fingerprint density at radius 3 is 2.40 bits per heavy atom. The van der Waals surface area contributed by atoms with Gasteiger partial charge in [-0.1, -0.05) is 45.0 Å². The van der Waals surface area contributed by atoms with Gasteiger partial charge in [-0.05, 0) is 6.07 Å². The zero-order valence-electron chi connectivity index (χ0n) is 11.8. The highest BCUT2D eigenvalue weighted by atomic mass is 35.5. The second kappa shape index (κ2) is 5.54. The van der Waals surface area contributed by atoms with E-state index in [0.717, 1.165) is 6.26 Å². The van der Waals surface area contributed by atoms with Gasteiger partial charge in [-0.3, -0.25) is 4.79 Å². The molecule has 1 amide bonds. The lowest BCUT2D eigenvalue weighted by atomic mass is 9.96. The monoisotopic (exact) mass is 316 g/mol. The van der Waals surface area contributed by atoms with E-state index in [-0.39, 0.29) is 21.8 Å². The van der Waals surface area contributed by atoms with Gasteiger partial charge < -0.3 is 5.32 Å². The number of aromatic nitrogens is 1. The van der Waals surface area contributed by atoms with Gasteiger partial charge in [0.05, 0.1) is 0 Å². The number of nitrogens with one attached hydrogen (secondary N) is 1. The lowest BCUT2D eigenvalue weighted by Crippen LogP contribution is -2.29. The number of nitrogens with zero attached hydrogens (tertiary/aromatic N) is 1. The third-order valence-electron chi connectivity index (χ3n) is 2.50. The van der Waals surface area contributed by atoms with Gasteiger partial charge in [0.2, 0.25) is 5.91 Å². The van der Waals surface area contributed by atoms with Gasteiger partial charge in [0.1, 0.15) is 10.0 Å². The number of halogens is 1. The molecule has 0 aliphatic rings. The molecule has 0 aliphatic heterocycles. The molecule has 0 aromatic carbocycles. The van der Waals surface area contributed by atoms with Crippen molar-refractivity contribution in [3.63, 3.8) is 0 Å². The van der Waals surface area contributed by atoms with E-state index in [0.29, 0.717) is 5.56 Å². The van der Waals surface area contributed by atoms with E-state index in [1.165, 1.54) is 12.1 Å². The van der Waals surface area contributed by atoms with Gasteiger partial charge in [-0.15, -0.1) is 0 Å². The fourth-order valence-corrected chi connectivity index (χ4v) is 2.30. The van der Waals surface area contributed by atoms with Crippen LogP contribution in [-0.4, -0.2) is 25.6 Å². The molecule has 5 nitrogen and oxygen atoms in total. The topological polar surface area (TPSA) is 76.1 Å². The molecule has 0 saturated heterocycles. The number of amides is 1. The first kappa shape index (κ1) is 16.7. The number of carbonyl (C=O) groups excluding carboxylic acids is 1. The van der Waals surface area contributed by atoms with Crippen LogP contribution in [0, 0.1) is 5.41 Å². The highest BCUT2D eigenvalue weighted by Gasteiger charge is 2.25. The molecule has 0 saturated carbocycles.